The van der Waals surface area contributed by atoms with Crippen LogP contribution in [0.4, 0.5) is 14.5 Å². The van der Waals surface area contributed by atoms with E-state index in [4.69, 9.17) is 4.74 Å². The first-order valence-electron chi connectivity index (χ1n) is 6.22. The third-order valence-corrected chi connectivity index (χ3v) is 3.64. The molecule has 0 aliphatic rings. The van der Waals surface area contributed by atoms with Crippen LogP contribution in [-0.2, 0) is 0 Å². The van der Waals surface area contributed by atoms with E-state index < -0.39 is 17.7 Å². The molecule has 0 heterocycles. The van der Waals surface area contributed by atoms with E-state index in [2.05, 4.69) is 21.2 Å². The maximum absolute atomic E-state index is 13.5. The van der Waals surface area contributed by atoms with Crippen LogP contribution in [0.3, 0.4) is 0 Å². The minimum atomic E-state index is -1.29. The Morgan fingerprint density at radius 2 is 1.90 bits per heavy atom. The molecular formula is C15H14BrF2NO2. The van der Waals surface area contributed by atoms with E-state index in [1.807, 2.05) is 0 Å². The average Bonchev–Trinajstić information content (AvgIpc) is 2.46. The second kappa shape index (κ2) is 6.87. The van der Waals surface area contributed by atoms with Gasteiger partial charge in [-0.05, 0) is 40.2 Å². The summed E-state index contributed by atoms with van der Waals surface area (Å²) in [6.45, 7) is -0.0252. The molecule has 2 aromatic carbocycles. The molecule has 3 nitrogen and oxygen atoms in total. The third kappa shape index (κ3) is 3.71. The second-order valence-corrected chi connectivity index (χ2v) is 5.24. The minimum absolute atomic E-state index is 0.0252. The van der Waals surface area contributed by atoms with Crippen LogP contribution in [-0.4, -0.2) is 18.8 Å². The summed E-state index contributed by atoms with van der Waals surface area (Å²) in [5, 5.41) is 12.9. The molecule has 1 unspecified atom stereocenters. The lowest BCUT2D eigenvalue weighted by Gasteiger charge is -2.15. The normalized spacial score (nSPS) is 12.0. The molecule has 1 atom stereocenters. The van der Waals surface area contributed by atoms with Gasteiger partial charge in [0.1, 0.15) is 23.5 Å². The molecule has 2 N–H and O–H groups in total. The van der Waals surface area contributed by atoms with Crippen molar-refractivity contribution in [3.8, 4) is 5.75 Å². The highest BCUT2D eigenvalue weighted by molar-refractivity contribution is 9.10. The number of aliphatic hydroxyl groups excluding tert-OH is 1. The largest absolute Gasteiger partial charge is 0.495 e. The van der Waals surface area contributed by atoms with Gasteiger partial charge in [-0.1, -0.05) is 6.07 Å². The first kappa shape index (κ1) is 15.7. The fraction of sp³-hybridized carbons (Fsp3) is 0.200. The molecule has 112 valence electrons. The molecule has 0 spiro atoms. The van der Waals surface area contributed by atoms with Gasteiger partial charge in [0.05, 0.1) is 17.1 Å². The molecule has 0 bridgehead atoms. The lowest BCUT2D eigenvalue weighted by molar-refractivity contribution is 0.181. The molecule has 6 heteroatoms. The molecular weight excluding hydrogens is 344 g/mol. The predicted octanol–water partition coefficient (Wildman–Crippen LogP) is 3.88. The van der Waals surface area contributed by atoms with Gasteiger partial charge in [-0.15, -0.1) is 0 Å². The number of benzene rings is 2. The summed E-state index contributed by atoms with van der Waals surface area (Å²) < 4.78 is 33.0. The smallest absolute Gasteiger partial charge is 0.135 e. The van der Waals surface area contributed by atoms with Crippen molar-refractivity contribution in [3.05, 3.63) is 58.1 Å². The summed E-state index contributed by atoms with van der Waals surface area (Å²) in [6, 6.07) is 8.74. The van der Waals surface area contributed by atoms with Crippen molar-refractivity contribution < 1.29 is 18.6 Å². The van der Waals surface area contributed by atoms with Gasteiger partial charge in [0.25, 0.3) is 0 Å². The van der Waals surface area contributed by atoms with Gasteiger partial charge >= 0.3 is 0 Å². The highest BCUT2D eigenvalue weighted by Gasteiger charge is 2.17. The molecule has 0 fully saturated rings. The lowest BCUT2D eigenvalue weighted by Crippen LogP contribution is -2.15. The van der Waals surface area contributed by atoms with Gasteiger partial charge in [0, 0.05) is 18.3 Å². The predicted molar refractivity (Wildman–Crippen MR) is 80.5 cm³/mol. The van der Waals surface area contributed by atoms with Crippen LogP contribution >= 0.6 is 15.9 Å². The fourth-order valence-electron chi connectivity index (χ4n) is 1.92. The van der Waals surface area contributed by atoms with Crippen LogP contribution in [0.1, 0.15) is 11.7 Å². The summed E-state index contributed by atoms with van der Waals surface area (Å²) in [5.41, 5.74) is 0.333. The number of rotatable bonds is 5. The topological polar surface area (TPSA) is 41.5 Å². The van der Waals surface area contributed by atoms with E-state index in [0.717, 1.165) is 16.6 Å². The van der Waals surface area contributed by atoms with Gasteiger partial charge in [0.2, 0.25) is 0 Å². The molecule has 21 heavy (non-hydrogen) atoms. The Morgan fingerprint density at radius 3 is 2.52 bits per heavy atom. The Kier molecular flexibility index (Phi) is 5.14. The van der Waals surface area contributed by atoms with Crippen molar-refractivity contribution in [1.82, 2.24) is 0 Å². The molecule has 0 radical (unpaired) electrons. The van der Waals surface area contributed by atoms with E-state index in [-0.39, 0.29) is 12.1 Å². The quantitative estimate of drug-likeness (QED) is 0.853. The van der Waals surface area contributed by atoms with Crippen LogP contribution in [0.5, 0.6) is 5.75 Å². The van der Waals surface area contributed by atoms with Gasteiger partial charge in [0.15, 0.2) is 0 Å². The Labute approximate surface area is 129 Å². The summed E-state index contributed by atoms with van der Waals surface area (Å²) >= 11 is 3.33. The molecule has 0 aliphatic heterocycles. The van der Waals surface area contributed by atoms with E-state index >= 15 is 0 Å². The first-order chi connectivity index (χ1) is 10.0. The van der Waals surface area contributed by atoms with Gasteiger partial charge in [-0.25, -0.2) is 8.78 Å². The van der Waals surface area contributed by atoms with Crippen LogP contribution in [0, 0.1) is 11.6 Å². The first-order valence-corrected chi connectivity index (χ1v) is 7.01. The summed E-state index contributed by atoms with van der Waals surface area (Å²) in [7, 11) is 1.54. The van der Waals surface area contributed by atoms with Crippen molar-refractivity contribution in [2.45, 2.75) is 6.10 Å². The van der Waals surface area contributed by atoms with Crippen molar-refractivity contribution in [1.29, 1.82) is 0 Å². The van der Waals surface area contributed by atoms with E-state index in [9.17, 15) is 13.9 Å². The zero-order valence-electron chi connectivity index (χ0n) is 11.2. The Hall–Kier alpha value is -1.66. The van der Waals surface area contributed by atoms with E-state index in [0.29, 0.717) is 11.4 Å². The van der Waals surface area contributed by atoms with E-state index in [1.165, 1.54) is 13.2 Å². The van der Waals surface area contributed by atoms with Crippen molar-refractivity contribution >= 4 is 21.6 Å². The standard InChI is InChI=1S/C15H14BrF2NO2/c1-21-14-7-9(5-6-10(14)16)19-8-13(20)15-11(17)3-2-4-12(15)18/h2-7,13,19-20H,8H2,1H3. The third-order valence-electron chi connectivity index (χ3n) is 2.98. The minimum Gasteiger partial charge on any atom is -0.495 e. The maximum atomic E-state index is 13.5. The second-order valence-electron chi connectivity index (χ2n) is 4.38. The van der Waals surface area contributed by atoms with Crippen LogP contribution < -0.4 is 10.1 Å². The maximum Gasteiger partial charge on any atom is 0.135 e. The molecule has 0 aliphatic carbocycles. The zero-order valence-corrected chi connectivity index (χ0v) is 12.8. The highest BCUT2D eigenvalue weighted by Crippen LogP contribution is 2.28. The summed E-state index contributed by atoms with van der Waals surface area (Å²) in [4.78, 5) is 0. The molecule has 0 amide bonds. The average molecular weight is 358 g/mol. The molecule has 0 saturated carbocycles. The zero-order chi connectivity index (χ0) is 15.4. The van der Waals surface area contributed by atoms with Crippen LogP contribution in [0.25, 0.3) is 0 Å². The number of hydrogen-bond acceptors (Lipinski definition) is 3. The Morgan fingerprint density at radius 1 is 1.24 bits per heavy atom. The highest BCUT2D eigenvalue weighted by atomic mass is 79.9. The molecule has 0 saturated heterocycles. The number of nitrogens with one attached hydrogen (secondary N) is 1. The van der Waals surface area contributed by atoms with Gasteiger partial charge in [-0.3, -0.25) is 0 Å². The molecule has 2 aromatic rings. The van der Waals surface area contributed by atoms with Gasteiger partial charge in [-0.2, -0.15) is 0 Å². The molecule has 2 rings (SSSR count). The number of hydrogen-bond donors (Lipinski definition) is 2. The van der Waals surface area contributed by atoms with E-state index in [1.54, 1.807) is 18.2 Å². The lowest BCUT2D eigenvalue weighted by atomic mass is 10.1. The monoisotopic (exact) mass is 357 g/mol. The Bertz CT molecular complexity index is 617. The Balaban J connectivity index is 2.09. The SMILES string of the molecule is COc1cc(NCC(O)c2c(F)cccc2F)ccc1Br. The fourth-order valence-corrected chi connectivity index (χ4v) is 2.32. The van der Waals surface area contributed by atoms with Gasteiger partial charge < -0.3 is 15.2 Å². The van der Waals surface area contributed by atoms with Crippen molar-refractivity contribution in [2.75, 3.05) is 19.0 Å². The van der Waals surface area contributed by atoms with Crippen molar-refractivity contribution in [2.24, 2.45) is 0 Å². The van der Waals surface area contributed by atoms with Crippen LogP contribution in [0.2, 0.25) is 0 Å². The number of aliphatic hydroxyl groups is 1. The van der Waals surface area contributed by atoms with Crippen molar-refractivity contribution in [3.63, 3.8) is 0 Å². The number of halogens is 3. The summed E-state index contributed by atoms with van der Waals surface area (Å²) in [5.74, 6) is -0.915. The molecule has 0 aromatic heterocycles. The number of ether oxygens (including phenoxy) is 1. The number of anilines is 1. The van der Waals surface area contributed by atoms with Crippen LogP contribution in [0.15, 0.2) is 40.9 Å². The number of methoxy groups -OCH3 is 1. The summed E-state index contributed by atoms with van der Waals surface area (Å²) in [6.07, 6.45) is -1.29.